The molecule has 0 aliphatic carbocycles. The van der Waals surface area contributed by atoms with E-state index in [-0.39, 0.29) is 17.6 Å². The smallest absolute Gasteiger partial charge is 0.303 e. The molecule has 0 unspecified atom stereocenters. The van der Waals surface area contributed by atoms with Crippen LogP contribution in [0.2, 0.25) is 0 Å². The van der Waals surface area contributed by atoms with E-state index in [0.717, 1.165) is 6.92 Å². The van der Waals surface area contributed by atoms with Gasteiger partial charge in [-0.2, -0.15) is 8.78 Å². The van der Waals surface area contributed by atoms with E-state index < -0.39 is 11.7 Å². The molecule has 0 spiro atoms. The first-order valence-corrected chi connectivity index (χ1v) is 7.96. The van der Waals surface area contributed by atoms with E-state index in [1.54, 1.807) is 6.07 Å². The number of carbonyl (C=O) groups excluding carboxylic acids is 1. The van der Waals surface area contributed by atoms with Gasteiger partial charge in [-0.15, -0.1) is 0 Å². The summed E-state index contributed by atoms with van der Waals surface area (Å²) in [6.07, 6.45) is 1.41. The highest BCUT2D eigenvalue weighted by Gasteiger charge is 2.29. The van der Waals surface area contributed by atoms with E-state index in [0.29, 0.717) is 22.9 Å². The minimum atomic E-state index is -3.18. The molecule has 2 heterocycles. The van der Waals surface area contributed by atoms with Gasteiger partial charge in [-0.25, -0.2) is 15.0 Å². The van der Waals surface area contributed by atoms with E-state index in [9.17, 15) is 13.6 Å². The van der Waals surface area contributed by atoms with Crippen molar-refractivity contribution in [3.8, 4) is 5.75 Å². The Labute approximate surface area is 150 Å². The molecule has 0 saturated carbocycles. The summed E-state index contributed by atoms with van der Waals surface area (Å²) in [7, 11) is 1.45. The minimum absolute atomic E-state index is 0.0612. The number of alkyl halides is 2. The molecule has 2 N–H and O–H groups in total. The number of rotatable bonds is 6. The van der Waals surface area contributed by atoms with E-state index in [4.69, 9.17) is 4.74 Å². The van der Waals surface area contributed by atoms with Crippen LogP contribution in [-0.4, -0.2) is 28.0 Å². The van der Waals surface area contributed by atoms with Crippen molar-refractivity contribution in [2.45, 2.75) is 39.5 Å². The maximum absolute atomic E-state index is 13.7. The summed E-state index contributed by atoms with van der Waals surface area (Å²) in [5.74, 6) is -3.24. The molecule has 0 aliphatic rings. The monoisotopic (exact) mass is 365 g/mol. The molecule has 0 radical (unpaired) electrons. The molecule has 0 aromatic carbocycles. The summed E-state index contributed by atoms with van der Waals surface area (Å²) in [5, 5.41) is 5.49. The zero-order chi connectivity index (χ0) is 19.5. The molecule has 140 valence electrons. The Morgan fingerprint density at radius 1 is 1.23 bits per heavy atom. The van der Waals surface area contributed by atoms with Gasteiger partial charge in [0.1, 0.15) is 11.6 Å². The van der Waals surface area contributed by atoms with Gasteiger partial charge in [0.15, 0.2) is 5.75 Å². The summed E-state index contributed by atoms with van der Waals surface area (Å²) < 4.78 is 32.7. The van der Waals surface area contributed by atoms with Gasteiger partial charge in [0, 0.05) is 31.7 Å². The van der Waals surface area contributed by atoms with Gasteiger partial charge < -0.3 is 15.4 Å². The Balaban J connectivity index is 2.46. The molecule has 0 bridgehead atoms. The Morgan fingerprint density at radius 2 is 1.92 bits per heavy atom. The number of aromatic nitrogens is 3. The third-order valence-corrected chi connectivity index (χ3v) is 3.38. The zero-order valence-corrected chi connectivity index (χ0v) is 15.2. The number of nitrogens with zero attached hydrogens (tertiary/aromatic N) is 3. The highest BCUT2D eigenvalue weighted by atomic mass is 19.3. The van der Waals surface area contributed by atoms with Crippen molar-refractivity contribution in [2.75, 3.05) is 17.7 Å². The van der Waals surface area contributed by atoms with Crippen LogP contribution >= 0.6 is 0 Å². The van der Waals surface area contributed by atoms with Gasteiger partial charge in [0.05, 0.1) is 19.0 Å². The molecule has 0 aliphatic heterocycles. The lowest BCUT2D eigenvalue weighted by Crippen LogP contribution is -2.16. The Kier molecular flexibility index (Phi) is 5.69. The highest BCUT2D eigenvalue weighted by Crippen LogP contribution is 2.31. The number of methoxy groups -OCH3 is 1. The molecule has 9 heteroatoms. The molecule has 0 atom stereocenters. The first kappa shape index (κ1) is 19.5. The van der Waals surface area contributed by atoms with Gasteiger partial charge in [-0.1, -0.05) is 13.8 Å². The van der Waals surface area contributed by atoms with Crippen LogP contribution in [0.4, 0.5) is 26.1 Å². The number of nitrogens with one attached hydrogen (secondary N) is 2. The lowest BCUT2D eigenvalue weighted by Gasteiger charge is -2.16. The third kappa shape index (κ3) is 4.84. The maximum atomic E-state index is 13.7. The normalized spacial score (nSPS) is 11.4. The summed E-state index contributed by atoms with van der Waals surface area (Å²) in [6.45, 7) is 5.81. The first-order chi connectivity index (χ1) is 12.1. The van der Waals surface area contributed by atoms with Crippen LogP contribution < -0.4 is 15.4 Å². The first-order valence-electron chi connectivity index (χ1n) is 7.96. The Bertz CT molecular complexity index is 806. The molecule has 0 saturated heterocycles. The summed E-state index contributed by atoms with van der Waals surface area (Å²) in [5.41, 5.74) is 0.902. The highest BCUT2D eigenvalue weighted by molar-refractivity contribution is 5.88. The molecule has 26 heavy (non-hydrogen) atoms. The number of carbonyl (C=O) groups is 1. The quantitative estimate of drug-likeness (QED) is 0.809. The molecule has 0 fully saturated rings. The number of halogens is 2. The average Bonchev–Trinajstić information content (AvgIpc) is 2.53. The molecule has 2 aromatic rings. The van der Waals surface area contributed by atoms with Gasteiger partial charge >= 0.3 is 5.92 Å². The van der Waals surface area contributed by atoms with Crippen LogP contribution in [0, 0.1) is 0 Å². The predicted molar refractivity (Wildman–Crippen MR) is 94.1 cm³/mol. The number of anilines is 3. The largest absolute Gasteiger partial charge is 0.493 e. The SMILES string of the molecule is COc1cnc(NC(C)=O)cc1Nc1cc(C(C)C)nc(C(C)(F)F)n1. The van der Waals surface area contributed by atoms with Crippen molar-refractivity contribution in [3.63, 3.8) is 0 Å². The second-order valence-corrected chi connectivity index (χ2v) is 6.12. The van der Waals surface area contributed by atoms with Gasteiger partial charge in [0.25, 0.3) is 0 Å². The molecule has 2 rings (SSSR count). The number of hydrogen-bond donors (Lipinski definition) is 2. The molecule has 2 aromatic heterocycles. The number of hydrogen-bond acceptors (Lipinski definition) is 6. The van der Waals surface area contributed by atoms with Gasteiger partial charge in [-0.05, 0) is 5.92 Å². The summed E-state index contributed by atoms with van der Waals surface area (Å²) in [4.78, 5) is 23.1. The lowest BCUT2D eigenvalue weighted by molar-refractivity contribution is -0.114. The van der Waals surface area contributed by atoms with Crippen LogP contribution in [0.15, 0.2) is 18.3 Å². The fourth-order valence-electron chi connectivity index (χ4n) is 2.11. The fraction of sp³-hybridized carbons (Fsp3) is 0.412. The van der Waals surface area contributed by atoms with E-state index in [2.05, 4.69) is 25.6 Å². The number of ether oxygens (including phenoxy) is 1. The summed E-state index contributed by atoms with van der Waals surface area (Å²) in [6, 6.07) is 3.12. The second-order valence-electron chi connectivity index (χ2n) is 6.12. The van der Waals surface area contributed by atoms with Crippen molar-refractivity contribution in [1.82, 2.24) is 15.0 Å². The van der Waals surface area contributed by atoms with Crippen molar-refractivity contribution >= 4 is 23.2 Å². The fourth-order valence-corrected chi connectivity index (χ4v) is 2.11. The van der Waals surface area contributed by atoms with E-state index in [1.807, 2.05) is 13.8 Å². The molecule has 1 amide bonds. The van der Waals surface area contributed by atoms with Crippen LogP contribution in [-0.2, 0) is 10.7 Å². The molecular weight excluding hydrogens is 344 g/mol. The number of amides is 1. The van der Waals surface area contributed by atoms with Crippen LogP contribution in [0.5, 0.6) is 5.75 Å². The lowest BCUT2D eigenvalue weighted by atomic mass is 10.1. The van der Waals surface area contributed by atoms with Crippen LogP contribution in [0.25, 0.3) is 0 Å². The van der Waals surface area contributed by atoms with E-state index >= 15 is 0 Å². The second kappa shape index (κ2) is 7.59. The zero-order valence-electron chi connectivity index (χ0n) is 15.2. The number of pyridine rings is 1. The van der Waals surface area contributed by atoms with Gasteiger partial charge in [-0.3, -0.25) is 4.79 Å². The summed E-state index contributed by atoms with van der Waals surface area (Å²) >= 11 is 0. The van der Waals surface area contributed by atoms with Gasteiger partial charge in [0.2, 0.25) is 11.7 Å². The Morgan fingerprint density at radius 3 is 2.46 bits per heavy atom. The van der Waals surface area contributed by atoms with E-state index in [1.165, 1.54) is 26.3 Å². The standard InChI is InChI=1S/C17H21F2N5O2/c1-9(2)11-6-15(24-16(23-11)17(4,18)19)22-12-7-14(21-10(3)25)20-8-13(12)26-5/h6-9H,1-5H3,(H2,20,21,22,23,24,25). The molecule has 7 nitrogen and oxygen atoms in total. The minimum Gasteiger partial charge on any atom is -0.493 e. The molecular formula is C17H21F2N5O2. The van der Waals surface area contributed by atoms with Crippen molar-refractivity contribution in [3.05, 3.63) is 29.8 Å². The van der Waals surface area contributed by atoms with Crippen molar-refractivity contribution in [2.24, 2.45) is 0 Å². The maximum Gasteiger partial charge on any atom is 0.303 e. The van der Waals surface area contributed by atoms with Crippen molar-refractivity contribution < 1.29 is 18.3 Å². The topological polar surface area (TPSA) is 89.0 Å². The van der Waals surface area contributed by atoms with Crippen LogP contribution in [0.1, 0.15) is 45.1 Å². The third-order valence-electron chi connectivity index (χ3n) is 3.38. The predicted octanol–water partition coefficient (Wildman–Crippen LogP) is 3.82. The average molecular weight is 365 g/mol. The van der Waals surface area contributed by atoms with Crippen molar-refractivity contribution in [1.29, 1.82) is 0 Å². The Hall–Kier alpha value is -2.84. The van der Waals surface area contributed by atoms with Crippen LogP contribution in [0.3, 0.4) is 0 Å².